The van der Waals surface area contributed by atoms with Crippen LogP contribution in [0.15, 0.2) is 48.8 Å². The summed E-state index contributed by atoms with van der Waals surface area (Å²) in [5, 5.41) is 12.6. The van der Waals surface area contributed by atoms with Crippen LogP contribution in [0.1, 0.15) is 13.3 Å². The second-order valence-electron chi connectivity index (χ2n) is 5.42. The molecule has 2 aromatic carbocycles. The Balaban J connectivity index is 1.63. The van der Waals surface area contributed by atoms with Crippen LogP contribution < -0.4 is 0 Å². The van der Waals surface area contributed by atoms with Gasteiger partial charge in [0.2, 0.25) is 5.82 Å². The molecule has 2 heterocycles. The Morgan fingerprint density at radius 1 is 1.00 bits per heavy atom. The summed E-state index contributed by atoms with van der Waals surface area (Å²) in [6.07, 6.45) is 2.70. The van der Waals surface area contributed by atoms with Crippen molar-refractivity contribution in [3.63, 3.8) is 0 Å². The van der Waals surface area contributed by atoms with Crippen molar-refractivity contribution < 1.29 is 0 Å². The Morgan fingerprint density at radius 3 is 2.61 bits per heavy atom. The maximum Gasteiger partial charge on any atom is 0.204 e. The first-order valence-corrected chi connectivity index (χ1v) is 7.65. The lowest BCUT2D eigenvalue weighted by Gasteiger charge is -2.03. The molecule has 23 heavy (non-hydrogen) atoms. The molecular formula is C17H16N6. The lowest BCUT2D eigenvalue weighted by atomic mass is 10.0. The Morgan fingerprint density at radius 2 is 1.78 bits per heavy atom. The van der Waals surface area contributed by atoms with Gasteiger partial charge < -0.3 is 4.98 Å². The van der Waals surface area contributed by atoms with Gasteiger partial charge in [0.25, 0.3) is 0 Å². The average molecular weight is 304 g/mol. The molecule has 0 bridgehead atoms. The Hall–Kier alpha value is -3.02. The number of hydrogen-bond acceptors (Lipinski definition) is 4. The minimum Gasteiger partial charge on any atom is -0.345 e. The van der Waals surface area contributed by atoms with Crippen LogP contribution in [0.4, 0.5) is 0 Å². The van der Waals surface area contributed by atoms with Crippen molar-refractivity contribution in [3.8, 4) is 22.5 Å². The SMILES string of the molecule is CCCn1nnc(-c2ccc(-c3ccc4nc[nH]c4c3)cc2)n1. The molecular weight excluding hydrogens is 288 g/mol. The van der Waals surface area contributed by atoms with E-state index in [1.807, 2.05) is 18.2 Å². The summed E-state index contributed by atoms with van der Waals surface area (Å²) in [6, 6.07) is 14.4. The van der Waals surface area contributed by atoms with Crippen molar-refractivity contribution in [2.45, 2.75) is 19.9 Å². The first-order chi connectivity index (χ1) is 11.3. The number of aryl methyl sites for hydroxylation is 1. The molecule has 0 aliphatic carbocycles. The number of imidazole rings is 1. The minimum absolute atomic E-state index is 0.661. The van der Waals surface area contributed by atoms with Gasteiger partial charge in [-0.25, -0.2) is 4.98 Å². The fraction of sp³-hybridized carbons (Fsp3) is 0.176. The highest BCUT2D eigenvalue weighted by Gasteiger charge is 2.07. The van der Waals surface area contributed by atoms with Crippen LogP contribution in [-0.4, -0.2) is 30.2 Å². The summed E-state index contributed by atoms with van der Waals surface area (Å²) < 4.78 is 0. The van der Waals surface area contributed by atoms with E-state index < -0.39 is 0 Å². The highest BCUT2D eigenvalue weighted by Crippen LogP contribution is 2.25. The molecule has 0 spiro atoms. The van der Waals surface area contributed by atoms with Crippen molar-refractivity contribution in [1.29, 1.82) is 0 Å². The zero-order valence-electron chi connectivity index (χ0n) is 12.8. The third-order valence-electron chi connectivity index (χ3n) is 3.77. The third-order valence-corrected chi connectivity index (χ3v) is 3.77. The van der Waals surface area contributed by atoms with Crippen molar-refractivity contribution in [2.24, 2.45) is 0 Å². The van der Waals surface area contributed by atoms with E-state index in [2.05, 4.69) is 56.6 Å². The molecule has 1 N–H and O–H groups in total. The number of aromatic nitrogens is 6. The smallest absolute Gasteiger partial charge is 0.204 e. The van der Waals surface area contributed by atoms with Gasteiger partial charge in [0.15, 0.2) is 0 Å². The molecule has 114 valence electrons. The molecule has 0 saturated carbocycles. The van der Waals surface area contributed by atoms with Gasteiger partial charge in [0.1, 0.15) is 0 Å². The molecule has 6 nitrogen and oxygen atoms in total. The highest BCUT2D eigenvalue weighted by atomic mass is 15.6. The predicted octanol–water partition coefficient (Wildman–Crippen LogP) is 3.29. The number of hydrogen-bond donors (Lipinski definition) is 1. The van der Waals surface area contributed by atoms with Gasteiger partial charge in [0, 0.05) is 5.56 Å². The Bertz CT molecular complexity index is 935. The average Bonchev–Trinajstić information content (AvgIpc) is 3.24. The Kier molecular flexibility index (Phi) is 3.34. The summed E-state index contributed by atoms with van der Waals surface area (Å²) in [5.74, 6) is 0.661. The predicted molar refractivity (Wildman–Crippen MR) is 88.6 cm³/mol. The summed E-state index contributed by atoms with van der Waals surface area (Å²) in [5.41, 5.74) is 5.28. The van der Waals surface area contributed by atoms with Gasteiger partial charge in [-0.05, 0) is 34.9 Å². The van der Waals surface area contributed by atoms with Crippen molar-refractivity contribution in [1.82, 2.24) is 30.2 Å². The van der Waals surface area contributed by atoms with E-state index in [1.54, 1.807) is 11.1 Å². The number of fused-ring (bicyclic) bond motifs is 1. The maximum absolute atomic E-state index is 4.39. The zero-order valence-corrected chi connectivity index (χ0v) is 12.8. The molecule has 0 amide bonds. The normalized spacial score (nSPS) is 11.2. The summed E-state index contributed by atoms with van der Waals surface area (Å²) in [4.78, 5) is 9.02. The van der Waals surface area contributed by atoms with Crippen molar-refractivity contribution >= 4 is 11.0 Å². The quantitative estimate of drug-likeness (QED) is 0.628. The monoisotopic (exact) mass is 304 g/mol. The Labute approximate surface area is 133 Å². The number of rotatable bonds is 4. The number of tetrazole rings is 1. The van der Waals surface area contributed by atoms with Gasteiger partial charge in [-0.3, -0.25) is 0 Å². The van der Waals surface area contributed by atoms with Gasteiger partial charge in [-0.15, -0.1) is 10.2 Å². The van der Waals surface area contributed by atoms with E-state index in [-0.39, 0.29) is 0 Å². The number of H-pyrrole nitrogens is 1. The molecule has 4 rings (SSSR count). The van der Waals surface area contributed by atoms with Gasteiger partial charge >= 0.3 is 0 Å². The summed E-state index contributed by atoms with van der Waals surface area (Å²) >= 11 is 0. The van der Waals surface area contributed by atoms with E-state index >= 15 is 0 Å². The van der Waals surface area contributed by atoms with Crippen LogP contribution in [-0.2, 0) is 6.54 Å². The second kappa shape index (κ2) is 5.64. The lowest BCUT2D eigenvalue weighted by molar-refractivity contribution is 0.515. The number of benzene rings is 2. The van der Waals surface area contributed by atoms with Crippen LogP contribution in [0.5, 0.6) is 0 Å². The van der Waals surface area contributed by atoms with Crippen molar-refractivity contribution in [3.05, 3.63) is 48.8 Å². The molecule has 0 atom stereocenters. The molecule has 0 saturated heterocycles. The largest absolute Gasteiger partial charge is 0.345 e. The maximum atomic E-state index is 4.39. The van der Waals surface area contributed by atoms with Crippen LogP contribution in [0, 0.1) is 0 Å². The van der Waals surface area contributed by atoms with Gasteiger partial charge in [-0.1, -0.05) is 37.3 Å². The summed E-state index contributed by atoms with van der Waals surface area (Å²) in [6.45, 7) is 2.88. The van der Waals surface area contributed by atoms with E-state index in [4.69, 9.17) is 0 Å². The molecule has 0 radical (unpaired) electrons. The highest BCUT2D eigenvalue weighted by molar-refractivity contribution is 5.81. The topological polar surface area (TPSA) is 72.3 Å². The third kappa shape index (κ3) is 2.59. The fourth-order valence-corrected chi connectivity index (χ4v) is 2.58. The number of aromatic amines is 1. The number of nitrogens with one attached hydrogen (secondary N) is 1. The van der Waals surface area contributed by atoms with Crippen LogP contribution in [0.3, 0.4) is 0 Å². The standard InChI is InChI=1S/C17H16N6/c1-2-9-23-21-17(20-22-23)13-5-3-12(4-6-13)14-7-8-15-16(10-14)19-11-18-15/h3-8,10-11H,2,9H2,1H3,(H,18,19). The molecule has 0 fully saturated rings. The van der Waals surface area contributed by atoms with Gasteiger partial charge in [-0.2, -0.15) is 4.80 Å². The summed E-state index contributed by atoms with van der Waals surface area (Å²) in [7, 11) is 0. The number of nitrogens with zero attached hydrogens (tertiary/aromatic N) is 5. The minimum atomic E-state index is 0.661. The molecule has 0 aliphatic rings. The molecule has 6 heteroatoms. The fourth-order valence-electron chi connectivity index (χ4n) is 2.58. The van der Waals surface area contributed by atoms with E-state index in [1.165, 1.54) is 0 Å². The van der Waals surface area contributed by atoms with Crippen molar-refractivity contribution in [2.75, 3.05) is 0 Å². The second-order valence-corrected chi connectivity index (χ2v) is 5.42. The molecule has 4 aromatic rings. The van der Waals surface area contributed by atoms with E-state index in [9.17, 15) is 0 Å². The molecule has 0 unspecified atom stereocenters. The van der Waals surface area contributed by atoms with Crippen LogP contribution >= 0.6 is 0 Å². The first-order valence-electron chi connectivity index (χ1n) is 7.65. The zero-order chi connectivity index (χ0) is 15.6. The lowest BCUT2D eigenvalue weighted by Crippen LogP contribution is -2.00. The van der Waals surface area contributed by atoms with Gasteiger partial charge in [0.05, 0.1) is 23.9 Å². The van der Waals surface area contributed by atoms with E-state index in [0.717, 1.165) is 40.7 Å². The first kappa shape index (κ1) is 13.6. The molecule has 0 aliphatic heterocycles. The van der Waals surface area contributed by atoms with Crippen LogP contribution in [0.25, 0.3) is 33.5 Å². The van der Waals surface area contributed by atoms with E-state index in [0.29, 0.717) is 5.82 Å². The molecule has 2 aromatic heterocycles. The van der Waals surface area contributed by atoms with Crippen LogP contribution in [0.2, 0.25) is 0 Å².